The number of nitrogens with zero attached hydrogens (tertiary/aromatic N) is 1. The van der Waals surface area contributed by atoms with Crippen molar-refractivity contribution in [1.82, 2.24) is 0 Å². The Morgan fingerprint density at radius 3 is 2.75 bits per heavy atom. The van der Waals surface area contributed by atoms with Crippen molar-refractivity contribution in [3.8, 4) is 0 Å². The predicted molar refractivity (Wildman–Crippen MR) is 33.1 cm³/mol. The van der Waals surface area contributed by atoms with E-state index >= 15 is 0 Å². The van der Waals surface area contributed by atoms with Crippen molar-refractivity contribution in [2.75, 3.05) is 13.7 Å². The summed E-state index contributed by atoms with van der Waals surface area (Å²) in [4.78, 5) is 3.78. The largest absolute Gasteiger partial charge is 0.854 e. The summed E-state index contributed by atoms with van der Waals surface area (Å²) in [5.74, 6) is 0. The lowest BCUT2D eigenvalue weighted by Crippen LogP contribution is -2.04. The van der Waals surface area contributed by atoms with E-state index in [1.165, 1.54) is 0 Å². The SMILES string of the molecule is CN=CCCCC[O-]. The molecule has 0 N–H and O–H groups in total. The normalized spacial score (nSPS) is 10.8. The third kappa shape index (κ3) is 5.63. The van der Waals surface area contributed by atoms with Crippen LogP contribution in [0.1, 0.15) is 19.3 Å². The van der Waals surface area contributed by atoms with Gasteiger partial charge in [-0.15, -0.1) is 6.61 Å². The van der Waals surface area contributed by atoms with Crippen LogP contribution in [-0.2, 0) is 0 Å². The lowest BCUT2D eigenvalue weighted by atomic mass is 10.3. The molecule has 8 heavy (non-hydrogen) atoms. The highest BCUT2D eigenvalue weighted by molar-refractivity contribution is 5.56. The molecule has 0 aliphatic rings. The Morgan fingerprint density at radius 2 is 2.25 bits per heavy atom. The Hall–Kier alpha value is -0.370. The Morgan fingerprint density at radius 1 is 1.50 bits per heavy atom. The average Bonchev–Trinajstić information content (AvgIpc) is 1.81. The summed E-state index contributed by atoms with van der Waals surface area (Å²) in [6, 6.07) is 0. The van der Waals surface area contributed by atoms with Gasteiger partial charge in [0.25, 0.3) is 0 Å². The summed E-state index contributed by atoms with van der Waals surface area (Å²) in [6.45, 7) is 0.0531. The van der Waals surface area contributed by atoms with Crippen LogP contribution in [-0.4, -0.2) is 19.9 Å². The number of rotatable bonds is 4. The molecule has 0 aromatic carbocycles. The molecule has 0 spiro atoms. The van der Waals surface area contributed by atoms with E-state index in [-0.39, 0.29) is 6.61 Å². The van der Waals surface area contributed by atoms with Crippen molar-refractivity contribution in [3.05, 3.63) is 0 Å². The molecular weight excluding hydrogens is 102 g/mol. The van der Waals surface area contributed by atoms with E-state index in [1.54, 1.807) is 7.05 Å². The standard InChI is InChI=1S/C6H12NO/c1-7-5-3-2-4-6-8/h5H,2-4,6H2,1H3/q-1. The zero-order valence-electron chi connectivity index (χ0n) is 5.26. The van der Waals surface area contributed by atoms with Gasteiger partial charge in [0.05, 0.1) is 0 Å². The summed E-state index contributed by atoms with van der Waals surface area (Å²) < 4.78 is 0. The van der Waals surface area contributed by atoms with Gasteiger partial charge in [0.2, 0.25) is 0 Å². The molecule has 0 rings (SSSR count). The van der Waals surface area contributed by atoms with Crippen molar-refractivity contribution in [2.45, 2.75) is 19.3 Å². The molecule has 0 amide bonds. The molecule has 0 saturated carbocycles. The smallest absolute Gasteiger partial charge is 0.0273 e. The van der Waals surface area contributed by atoms with Crippen LogP contribution in [0.15, 0.2) is 4.99 Å². The van der Waals surface area contributed by atoms with Crippen molar-refractivity contribution in [3.63, 3.8) is 0 Å². The minimum Gasteiger partial charge on any atom is -0.854 e. The Kier molecular flexibility index (Phi) is 6.32. The van der Waals surface area contributed by atoms with Crippen LogP contribution in [0.2, 0.25) is 0 Å². The number of aliphatic imine (C=N–C) groups is 1. The molecule has 0 aliphatic carbocycles. The van der Waals surface area contributed by atoms with Gasteiger partial charge in [-0.25, -0.2) is 0 Å². The molecule has 0 atom stereocenters. The van der Waals surface area contributed by atoms with Crippen LogP contribution < -0.4 is 5.11 Å². The molecule has 0 radical (unpaired) electrons. The summed E-state index contributed by atoms with van der Waals surface area (Å²) in [7, 11) is 1.75. The van der Waals surface area contributed by atoms with E-state index < -0.39 is 0 Å². The van der Waals surface area contributed by atoms with Gasteiger partial charge in [-0.2, -0.15) is 0 Å². The molecule has 0 fully saturated rings. The summed E-state index contributed by atoms with van der Waals surface area (Å²) in [5.41, 5.74) is 0. The number of hydrogen-bond acceptors (Lipinski definition) is 2. The molecule has 2 nitrogen and oxygen atoms in total. The topological polar surface area (TPSA) is 35.4 Å². The molecule has 2 heteroatoms. The summed E-state index contributed by atoms with van der Waals surface area (Å²) >= 11 is 0. The first kappa shape index (κ1) is 7.63. The van der Waals surface area contributed by atoms with Gasteiger partial charge >= 0.3 is 0 Å². The van der Waals surface area contributed by atoms with Crippen molar-refractivity contribution in [2.24, 2.45) is 4.99 Å². The fraction of sp³-hybridized carbons (Fsp3) is 0.833. The van der Waals surface area contributed by atoms with Gasteiger partial charge in [0, 0.05) is 7.05 Å². The van der Waals surface area contributed by atoms with Crippen LogP contribution in [0.25, 0.3) is 0 Å². The van der Waals surface area contributed by atoms with E-state index in [0.29, 0.717) is 0 Å². The van der Waals surface area contributed by atoms with Crippen LogP contribution in [0.5, 0.6) is 0 Å². The van der Waals surface area contributed by atoms with Crippen LogP contribution in [0.4, 0.5) is 0 Å². The fourth-order valence-electron chi connectivity index (χ4n) is 0.467. The Bertz CT molecular complexity index is 61.5. The second-order valence-corrected chi connectivity index (χ2v) is 1.64. The third-order valence-electron chi connectivity index (χ3n) is 0.910. The number of unbranched alkanes of at least 4 members (excludes halogenated alkanes) is 2. The van der Waals surface area contributed by atoms with E-state index in [4.69, 9.17) is 0 Å². The first-order valence-electron chi connectivity index (χ1n) is 2.90. The van der Waals surface area contributed by atoms with Crippen molar-refractivity contribution >= 4 is 6.21 Å². The van der Waals surface area contributed by atoms with Crippen molar-refractivity contribution < 1.29 is 5.11 Å². The minimum atomic E-state index is 0.0531. The lowest BCUT2D eigenvalue weighted by Gasteiger charge is -1.98. The molecule has 0 bridgehead atoms. The highest BCUT2D eigenvalue weighted by Crippen LogP contribution is 1.88. The van der Waals surface area contributed by atoms with Crippen LogP contribution in [0, 0.1) is 0 Å². The Labute approximate surface area is 50.3 Å². The first-order valence-corrected chi connectivity index (χ1v) is 2.90. The van der Waals surface area contributed by atoms with E-state index in [2.05, 4.69) is 4.99 Å². The zero-order valence-corrected chi connectivity index (χ0v) is 5.26. The Balaban J connectivity index is 2.72. The number of hydrogen-bond donors (Lipinski definition) is 0. The highest BCUT2D eigenvalue weighted by Gasteiger charge is 1.76. The maximum Gasteiger partial charge on any atom is 0.0273 e. The quantitative estimate of drug-likeness (QED) is 0.380. The second-order valence-electron chi connectivity index (χ2n) is 1.64. The highest BCUT2D eigenvalue weighted by atomic mass is 16.2. The minimum absolute atomic E-state index is 0.0531. The molecule has 0 unspecified atom stereocenters. The molecule has 48 valence electrons. The third-order valence-corrected chi connectivity index (χ3v) is 0.910. The first-order chi connectivity index (χ1) is 3.91. The average molecular weight is 114 g/mol. The zero-order chi connectivity index (χ0) is 6.24. The molecule has 0 aliphatic heterocycles. The second kappa shape index (κ2) is 6.63. The van der Waals surface area contributed by atoms with Gasteiger partial charge in [0.1, 0.15) is 0 Å². The van der Waals surface area contributed by atoms with Crippen LogP contribution in [0.3, 0.4) is 0 Å². The molecular formula is C6H12NO-. The molecule has 0 aromatic rings. The maximum absolute atomic E-state index is 9.85. The fourth-order valence-corrected chi connectivity index (χ4v) is 0.467. The van der Waals surface area contributed by atoms with Gasteiger partial charge in [-0.3, -0.25) is 0 Å². The van der Waals surface area contributed by atoms with Gasteiger partial charge in [0.15, 0.2) is 0 Å². The molecule has 0 heterocycles. The van der Waals surface area contributed by atoms with Gasteiger partial charge < -0.3 is 10.1 Å². The predicted octanol–water partition coefficient (Wildman–Crippen LogP) is 0.218. The van der Waals surface area contributed by atoms with Gasteiger partial charge in [-0.05, 0) is 19.1 Å². The lowest BCUT2D eigenvalue weighted by molar-refractivity contribution is -0.368. The molecule has 0 saturated heterocycles. The molecule has 0 aromatic heterocycles. The monoisotopic (exact) mass is 114 g/mol. The van der Waals surface area contributed by atoms with Crippen LogP contribution >= 0.6 is 0 Å². The van der Waals surface area contributed by atoms with E-state index in [9.17, 15) is 5.11 Å². The maximum atomic E-state index is 9.85. The van der Waals surface area contributed by atoms with Gasteiger partial charge in [-0.1, -0.05) is 6.42 Å². The summed E-state index contributed by atoms with van der Waals surface area (Å²) in [6.07, 6.45) is 4.57. The van der Waals surface area contributed by atoms with E-state index in [0.717, 1.165) is 19.3 Å². The summed E-state index contributed by atoms with van der Waals surface area (Å²) in [5, 5.41) is 9.85. The van der Waals surface area contributed by atoms with Crippen molar-refractivity contribution in [1.29, 1.82) is 0 Å². The van der Waals surface area contributed by atoms with E-state index in [1.807, 2.05) is 6.21 Å².